The summed E-state index contributed by atoms with van der Waals surface area (Å²) in [4.78, 5) is 30.4. The van der Waals surface area contributed by atoms with Crippen molar-refractivity contribution in [3.8, 4) is 56.0 Å². The zero-order chi connectivity index (χ0) is 32.5. The van der Waals surface area contributed by atoms with Gasteiger partial charge in [-0.05, 0) is 81.9 Å². The minimum Gasteiger partial charge on any atom is -0.461 e. The summed E-state index contributed by atoms with van der Waals surface area (Å²) < 4.78 is 6.39. The normalized spacial score (nSPS) is 11.0. The number of rotatable bonds is 7. The standard InChI is InChI=1S/C41H30N2O3S/c1-25(44)33-14-8-15-34(29-11-7-12-32(22-29)43-26(2)45)39(33)31-19-20-42-37(23-31)41-40(35-13-5-6-16-38(35)47)36(24-46-41)30-18-17-27-9-3-4-10-28(27)21-30/h3-24,47H,1-2H3,(H,43,45). The number of nitrogens with one attached hydrogen (secondary N) is 1. The third-order valence-corrected chi connectivity index (χ3v) is 8.63. The molecule has 0 spiro atoms. The van der Waals surface area contributed by atoms with Gasteiger partial charge in [-0.15, -0.1) is 12.6 Å². The average Bonchev–Trinajstić information content (AvgIpc) is 3.53. The molecule has 0 saturated heterocycles. The van der Waals surface area contributed by atoms with Crippen LogP contribution in [-0.2, 0) is 4.79 Å². The van der Waals surface area contributed by atoms with E-state index in [9.17, 15) is 9.59 Å². The number of furan rings is 1. The second-order valence-electron chi connectivity index (χ2n) is 11.4. The highest BCUT2D eigenvalue weighted by molar-refractivity contribution is 7.80. The molecule has 6 heteroatoms. The second kappa shape index (κ2) is 12.6. The van der Waals surface area contributed by atoms with Crippen molar-refractivity contribution in [2.75, 3.05) is 5.32 Å². The van der Waals surface area contributed by atoms with E-state index in [1.54, 1.807) is 19.4 Å². The molecule has 1 amide bonds. The van der Waals surface area contributed by atoms with Gasteiger partial charge in [0.15, 0.2) is 11.5 Å². The highest BCUT2D eigenvalue weighted by Crippen LogP contribution is 2.45. The summed E-state index contributed by atoms with van der Waals surface area (Å²) in [6.45, 7) is 3.05. The van der Waals surface area contributed by atoms with Crippen molar-refractivity contribution >= 4 is 40.8 Å². The van der Waals surface area contributed by atoms with Gasteiger partial charge in [0.05, 0.1) is 6.26 Å². The molecule has 0 bridgehead atoms. The number of carbonyl (C=O) groups excluding carboxylic acids is 2. The van der Waals surface area contributed by atoms with Crippen LogP contribution in [0.15, 0.2) is 143 Å². The number of anilines is 1. The highest BCUT2D eigenvalue weighted by atomic mass is 32.1. The van der Waals surface area contributed by atoms with Crippen LogP contribution in [0.5, 0.6) is 0 Å². The van der Waals surface area contributed by atoms with Crippen LogP contribution in [0.1, 0.15) is 24.2 Å². The van der Waals surface area contributed by atoms with E-state index in [0.717, 1.165) is 60.2 Å². The Morgan fingerprint density at radius 2 is 1.40 bits per heavy atom. The van der Waals surface area contributed by atoms with Crippen LogP contribution in [0.4, 0.5) is 5.69 Å². The largest absolute Gasteiger partial charge is 0.461 e. The lowest BCUT2D eigenvalue weighted by molar-refractivity contribution is -0.114. The van der Waals surface area contributed by atoms with Gasteiger partial charge in [0, 0.05) is 46.0 Å². The number of ketones is 1. The lowest BCUT2D eigenvalue weighted by atomic mass is 9.88. The summed E-state index contributed by atoms with van der Waals surface area (Å²) in [5.41, 5.74) is 8.97. The topological polar surface area (TPSA) is 72.2 Å². The van der Waals surface area contributed by atoms with Crippen molar-refractivity contribution in [3.63, 3.8) is 0 Å². The summed E-state index contributed by atoms with van der Waals surface area (Å²) in [5.74, 6) is 0.393. The SMILES string of the molecule is CC(=O)Nc1cccc(-c2cccc(C(C)=O)c2-c2ccnc(-c3occ(-c4ccc5ccccc5c4)c3-c3ccccc3S)c2)c1. The van der Waals surface area contributed by atoms with E-state index in [4.69, 9.17) is 22.0 Å². The maximum atomic E-state index is 13.0. The third kappa shape index (κ3) is 5.87. The number of thiol groups is 1. The van der Waals surface area contributed by atoms with E-state index in [0.29, 0.717) is 22.7 Å². The molecule has 2 heterocycles. The predicted octanol–water partition coefficient (Wildman–Crippen LogP) is 10.6. The van der Waals surface area contributed by atoms with Gasteiger partial charge >= 0.3 is 0 Å². The van der Waals surface area contributed by atoms with Gasteiger partial charge in [-0.3, -0.25) is 14.6 Å². The van der Waals surface area contributed by atoms with Gasteiger partial charge in [0.25, 0.3) is 0 Å². The lowest BCUT2D eigenvalue weighted by Crippen LogP contribution is -2.05. The van der Waals surface area contributed by atoms with E-state index < -0.39 is 0 Å². The maximum Gasteiger partial charge on any atom is 0.221 e. The van der Waals surface area contributed by atoms with Crippen LogP contribution >= 0.6 is 12.6 Å². The Morgan fingerprint density at radius 1 is 0.660 bits per heavy atom. The fourth-order valence-corrected chi connectivity index (χ4v) is 6.42. The van der Waals surface area contributed by atoms with Crippen molar-refractivity contribution in [2.24, 2.45) is 0 Å². The quantitative estimate of drug-likeness (QED) is 0.136. The lowest BCUT2D eigenvalue weighted by Gasteiger charge is -2.16. The first-order chi connectivity index (χ1) is 22.9. The third-order valence-electron chi connectivity index (χ3n) is 8.24. The first-order valence-electron chi connectivity index (χ1n) is 15.2. The molecule has 0 aliphatic rings. The summed E-state index contributed by atoms with van der Waals surface area (Å²) >= 11 is 4.83. The van der Waals surface area contributed by atoms with Gasteiger partial charge in [-0.1, -0.05) is 84.9 Å². The number of fused-ring (bicyclic) bond motifs is 1. The van der Waals surface area contributed by atoms with E-state index in [2.05, 4.69) is 35.6 Å². The Kier molecular flexibility index (Phi) is 8.02. The fourth-order valence-electron chi connectivity index (χ4n) is 6.14. The molecular formula is C41H30N2O3S. The summed E-state index contributed by atoms with van der Waals surface area (Å²) in [6.07, 6.45) is 3.53. The predicted molar refractivity (Wildman–Crippen MR) is 193 cm³/mol. The molecule has 1 N–H and O–H groups in total. The van der Waals surface area contributed by atoms with E-state index in [-0.39, 0.29) is 11.7 Å². The summed E-state index contributed by atoms with van der Waals surface area (Å²) in [6, 6.07) is 39.8. The molecule has 2 aromatic heterocycles. The smallest absolute Gasteiger partial charge is 0.221 e. The number of amides is 1. The Balaban J connectivity index is 1.42. The average molecular weight is 631 g/mol. The Bertz CT molecular complexity index is 2320. The zero-order valence-corrected chi connectivity index (χ0v) is 26.7. The molecule has 0 radical (unpaired) electrons. The molecule has 5 aromatic carbocycles. The van der Waals surface area contributed by atoms with Gasteiger partial charge in [-0.25, -0.2) is 0 Å². The molecular weight excluding hydrogens is 601 g/mol. The summed E-state index contributed by atoms with van der Waals surface area (Å²) in [5, 5.41) is 5.15. The minimum atomic E-state index is -0.154. The fraction of sp³-hybridized carbons (Fsp3) is 0.0488. The van der Waals surface area contributed by atoms with E-state index in [1.807, 2.05) is 91.0 Å². The molecule has 0 aliphatic carbocycles. The number of Topliss-reactive ketones (excluding diaryl/α,β-unsaturated/α-hetero) is 1. The monoisotopic (exact) mass is 630 g/mol. The first-order valence-corrected chi connectivity index (χ1v) is 15.7. The molecule has 5 nitrogen and oxygen atoms in total. The molecule has 0 unspecified atom stereocenters. The van der Waals surface area contributed by atoms with Crippen LogP contribution in [0.3, 0.4) is 0 Å². The van der Waals surface area contributed by atoms with Crippen molar-refractivity contribution in [1.82, 2.24) is 4.98 Å². The van der Waals surface area contributed by atoms with Gasteiger partial charge < -0.3 is 9.73 Å². The molecule has 47 heavy (non-hydrogen) atoms. The number of hydrogen-bond acceptors (Lipinski definition) is 5. The number of hydrogen-bond donors (Lipinski definition) is 2. The molecule has 0 atom stereocenters. The molecule has 0 aliphatic heterocycles. The number of benzene rings is 5. The van der Waals surface area contributed by atoms with Crippen LogP contribution in [0.25, 0.3) is 66.7 Å². The molecule has 0 saturated carbocycles. The van der Waals surface area contributed by atoms with Crippen LogP contribution < -0.4 is 5.32 Å². The van der Waals surface area contributed by atoms with Gasteiger partial charge in [-0.2, -0.15) is 0 Å². The first kappa shape index (κ1) is 30.0. The number of pyridine rings is 1. The van der Waals surface area contributed by atoms with Crippen molar-refractivity contribution in [2.45, 2.75) is 18.7 Å². The van der Waals surface area contributed by atoms with Crippen molar-refractivity contribution in [1.29, 1.82) is 0 Å². The number of carbonyl (C=O) groups is 2. The van der Waals surface area contributed by atoms with Crippen molar-refractivity contribution in [3.05, 3.63) is 139 Å². The Labute approximate surface area is 278 Å². The summed E-state index contributed by atoms with van der Waals surface area (Å²) in [7, 11) is 0. The molecule has 0 fully saturated rings. The van der Waals surface area contributed by atoms with Crippen molar-refractivity contribution < 1.29 is 14.0 Å². The van der Waals surface area contributed by atoms with E-state index >= 15 is 0 Å². The van der Waals surface area contributed by atoms with E-state index in [1.165, 1.54) is 6.92 Å². The number of aromatic nitrogens is 1. The molecule has 228 valence electrons. The molecule has 7 rings (SSSR count). The maximum absolute atomic E-state index is 13.0. The minimum absolute atomic E-state index is 0.0560. The zero-order valence-electron chi connectivity index (χ0n) is 25.8. The van der Waals surface area contributed by atoms with Crippen LogP contribution in [0.2, 0.25) is 0 Å². The van der Waals surface area contributed by atoms with Crippen LogP contribution in [-0.4, -0.2) is 16.7 Å². The number of nitrogens with zero attached hydrogens (tertiary/aromatic N) is 1. The Morgan fingerprint density at radius 3 is 2.21 bits per heavy atom. The van der Waals surface area contributed by atoms with Gasteiger partial charge in [0.1, 0.15) is 5.69 Å². The second-order valence-corrected chi connectivity index (χ2v) is 11.9. The van der Waals surface area contributed by atoms with Gasteiger partial charge in [0.2, 0.25) is 5.91 Å². The molecule has 7 aromatic rings. The Hall–Kier alpha value is -5.72. The highest BCUT2D eigenvalue weighted by Gasteiger charge is 2.23. The van der Waals surface area contributed by atoms with Crippen LogP contribution in [0, 0.1) is 0 Å².